The van der Waals surface area contributed by atoms with E-state index in [0.717, 1.165) is 39.3 Å². The lowest BCUT2D eigenvalue weighted by Crippen LogP contribution is -2.47. The van der Waals surface area contributed by atoms with E-state index in [2.05, 4.69) is 17.1 Å². The predicted octanol–water partition coefficient (Wildman–Crippen LogP) is 0.705. The van der Waals surface area contributed by atoms with Gasteiger partial charge in [0.1, 0.15) is 0 Å². The van der Waals surface area contributed by atoms with Crippen LogP contribution in [0.15, 0.2) is 0 Å². The zero-order valence-electron chi connectivity index (χ0n) is 11.6. The average Bonchev–Trinajstić information content (AvgIpc) is 2.86. The van der Waals surface area contributed by atoms with Crippen LogP contribution >= 0.6 is 0 Å². The van der Waals surface area contributed by atoms with Gasteiger partial charge in [-0.15, -0.1) is 0 Å². The SMILES string of the molecule is CCN1CCOC(CNCC2CCCC2CO)C1. The standard InChI is InChI=1S/C14H28N2O2/c1-2-16-6-7-18-14(10-16)9-15-8-12-4-3-5-13(12)11-17/h12-15,17H,2-11H2,1H3. The zero-order chi connectivity index (χ0) is 12.8. The van der Waals surface area contributed by atoms with Crippen LogP contribution in [-0.2, 0) is 4.74 Å². The van der Waals surface area contributed by atoms with Gasteiger partial charge < -0.3 is 15.2 Å². The average molecular weight is 256 g/mol. The van der Waals surface area contributed by atoms with Gasteiger partial charge in [-0.1, -0.05) is 13.3 Å². The van der Waals surface area contributed by atoms with Crippen LogP contribution in [0.5, 0.6) is 0 Å². The van der Waals surface area contributed by atoms with Crippen LogP contribution in [0.1, 0.15) is 26.2 Å². The molecule has 2 aliphatic rings. The Hall–Kier alpha value is -0.160. The van der Waals surface area contributed by atoms with E-state index in [1.165, 1.54) is 19.3 Å². The van der Waals surface area contributed by atoms with Gasteiger partial charge in [0.15, 0.2) is 0 Å². The van der Waals surface area contributed by atoms with Crippen molar-refractivity contribution in [3.8, 4) is 0 Å². The van der Waals surface area contributed by atoms with Crippen LogP contribution in [-0.4, -0.2) is 62.0 Å². The van der Waals surface area contributed by atoms with E-state index >= 15 is 0 Å². The molecule has 4 heteroatoms. The Morgan fingerprint density at radius 2 is 2.11 bits per heavy atom. The number of nitrogens with zero attached hydrogens (tertiary/aromatic N) is 1. The largest absolute Gasteiger partial charge is 0.396 e. The van der Waals surface area contributed by atoms with E-state index in [1.54, 1.807) is 0 Å². The minimum atomic E-state index is 0.340. The fraction of sp³-hybridized carbons (Fsp3) is 1.00. The maximum absolute atomic E-state index is 9.29. The normalized spacial score (nSPS) is 34.0. The summed E-state index contributed by atoms with van der Waals surface area (Å²) >= 11 is 0. The van der Waals surface area contributed by atoms with Crippen LogP contribution in [0.4, 0.5) is 0 Å². The van der Waals surface area contributed by atoms with Gasteiger partial charge in [0.25, 0.3) is 0 Å². The molecule has 18 heavy (non-hydrogen) atoms. The molecular weight excluding hydrogens is 228 g/mol. The topological polar surface area (TPSA) is 44.7 Å². The summed E-state index contributed by atoms with van der Waals surface area (Å²) in [6, 6.07) is 0. The van der Waals surface area contributed by atoms with E-state index < -0.39 is 0 Å². The van der Waals surface area contributed by atoms with Gasteiger partial charge in [0.2, 0.25) is 0 Å². The fourth-order valence-corrected chi connectivity index (χ4v) is 3.24. The number of aliphatic hydroxyl groups excluding tert-OH is 1. The molecule has 4 nitrogen and oxygen atoms in total. The van der Waals surface area contributed by atoms with Crippen LogP contribution in [0.25, 0.3) is 0 Å². The number of aliphatic hydroxyl groups is 1. The highest BCUT2D eigenvalue weighted by Crippen LogP contribution is 2.30. The maximum Gasteiger partial charge on any atom is 0.0826 e. The Labute approximate surface area is 111 Å². The first-order valence-electron chi connectivity index (χ1n) is 7.49. The van der Waals surface area contributed by atoms with Crippen LogP contribution in [0.2, 0.25) is 0 Å². The van der Waals surface area contributed by atoms with E-state index in [1.807, 2.05) is 0 Å². The van der Waals surface area contributed by atoms with E-state index in [-0.39, 0.29) is 0 Å². The van der Waals surface area contributed by atoms with Crippen molar-refractivity contribution in [2.45, 2.75) is 32.3 Å². The smallest absolute Gasteiger partial charge is 0.0826 e. The number of hydrogen-bond acceptors (Lipinski definition) is 4. The number of rotatable bonds is 6. The first-order valence-corrected chi connectivity index (χ1v) is 7.49. The molecule has 3 unspecified atom stereocenters. The van der Waals surface area contributed by atoms with Crippen molar-refractivity contribution in [1.29, 1.82) is 0 Å². The number of morpholine rings is 1. The summed E-state index contributed by atoms with van der Waals surface area (Å²) in [4.78, 5) is 2.45. The summed E-state index contributed by atoms with van der Waals surface area (Å²) in [6.07, 6.45) is 4.09. The molecule has 1 aliphatic carbocycles. The van der Waals surface area contributed by atoms with Gasteiger partial charge >= 0.3 is 0 Å². The molecule has 1 saturated heterocycles. The van der Waals surface area contributed by atoms with Crippen LogP contribution < -0.4 is 5.32 Å². The third-order valence-corrected chi connectivity index (χ3v) is 4.50. The molecule has 0 aromatic rings. The molecule has 1 heterocycles. The molecule has 106 valence electrons. The third-order valence-electron chi connectivity index (χ3n) is 4.50. The third kappa shape index (κ3) is 3.92. The maximum atomic E-state index is 9.29. The summed E-state index contributed by atoms with van der Waals surface area (Å²) in [5, 5.41) is 12.8. The van der Waals surface area contributed by atoms with Gasteiger partial charge in [-0.3, -0.25) is 4.90 Å². The molecule has 1 saturated carbocycles. The van der Waals surface area contributed by atoms with E-state index in [0.29, 0.717) is 24.5 Å². The molecule has 1 aliphatic heterocycles. The van der Waals surface area contributed by atoms with Crippen molar-refractivity contribution in [2.24, 2.45) is 11.8 Å². The first kappa shape index (κ1) is 14.3. The highest BCUT2D eigenvalue weighted by atomic mass is 16.5. The molecule has 0 radical (unpaired) electrons. The van der Waals surface area contributed by atoms with Gasteiger partial charge in [-0.25, -0.2) is 0 Å². The number of hydrogen-bond donors (Lipinski definition) is 2. The molecule has 3 atom stereocenters. The number of likely N-dealkylation sites (N-methyl/N-ethyl adjacent to an activating group) is 1. The summed E-state index contributed by atoms with van der Waals surface area (Å²) in [5.41, 5.74) is 0. The van der Waals surface area contributed by atoms with Gasteiger partial charge in [0.05, 0.1) is 12.7 Å². The number of ether oxygens (including phenoxy) is 1. The molecule has 2 rings (SSSR count). The minimum absolute atomic E-state index is 0.340. The van der Waals surface area contributed by atoms with Crippen LogP contribution in [0, 0.1) is 11.8 Å². The van der Waals surface area contributed by atoms with Crippen molar-refractivity contribution in [3.63, 3.8) is 0 Å². The van der Waals surface area contributed by atoms with E-state index in [9.17, 15) is 5.11 Å². The van der Waals surface area contributed by atoms with Crippen molar-refractivity contribution in [1.82, 2.24) is 10.2 Å². The van der Waals surface area contributed by atoms with Crippen molar-refractivity contribution < 1.29 is 9.84 Å². The van der Waals surface area contributed by atoms with Crippen molar-refractivity contribution in [3.05, 3.63) is 0 Å². The lowest BCUT2D eigenvalue weighted by Gasteiger charge is -2.32. The first-order chi connectivity index (χ1) is 8.83. The lowest BCUT2D eigenvalue weighted by atomic mass is 9.97. The molecular formula is C14H28N2O2. The highest BCUT2D eigenvalue weighted by molar-refractivity contribution is 4.80. The molecule has 0 amide bonds. The van der Waals surface area contributed by atoms with Gasteiger partial charge in [-0.2, -0.15) is 0 Å². The molecule has 0 aromatic carbocycles. The second-order valence-electron chi connectivity index (χ2n) is 5.68. The summed E-state index contributed by atoms with van der Waals surface area (Å²) in [5.74, 6) is 1.19. The molecule has 0 spiro atoms. The monoisotopic (exact) mass is 256 g/mol. The van der Waals surface area contributed by atoms with Crippen molar-refractivity contribution in [2.75, 3.05) is 45.9 Å². The molecule has 2 fully saturated rings. The Balaban J connectivity index is 1.62. The fourth-order valence-electron chi connectivity index (χ4n) is 3.24. The summed E-state index contributed by atoms with van der Waals surface area (Å²) < 4.78 is 5.77. The molecule has 0 bridgehead atoms. The Morgan fingerprint density at radius 1 is 1.28 bits per heavy atom. The predicted molar refractivity (Wildman–Crippen MR) is 72.6 cm³/mol. The second-order valence-corrected chi connectivity index (χ2v) is 5.68. The highest BCUT2D eigenvalue weighted by Gasteiger charge is 2.26. The Kier molecular flexibility index (Phi) is 5.89. The van der Waals surface area contributed by atoms with Gasteiger partial charge in [0, 0.05) is 26.2 Å². The summed E-state index contributed by atoms with van der Waals surface area (Å²) in [6.45, 7) is 8.66. The minimum Gasteiger partial charge on any atom is -0.396 e. The van der Waals surface area contributed by atoms with Crippen molar-refractivity contribution >= 4 is 0 Å². The lowest BCUT2D eigenvalue weighted by molar-refractivity contribution is -0.0257. The molecule has 2 N–H and O–H groups in total. The second kappa shape index (κ2) is 7.43. The van der Waals surface area contributed by atoms with Crippen LogP contribution in [0.3, 0.4) is 0 Å². The number of nitrogens with one attached hydrogen (secondary N) is 1. The van der Waals surface area contributed by atoms with E-state index in [4.69, 9.17) is 4.74 Å². The Bertz CT molecular complexity index is 238. The summed E-state index contributed by atoms with van der Waals surface area (Å²) in [7, 11) is 0. The van der Waals surface area contributed by atoms with Gasteiger partial charge in [-0.05, 0) is 37.8 Å². The zero-order valence-corrected chi connectivity index (χ0v) is 11.6. The quantitative estimate of drug-likeness (QED) is 0.734. The molecule has 0 aromatic heterocycles. The Morgan fingerprint density at radius 3 is 2.89 bits per heavy atom.